The molecule has 0 fully saturated rings. The van der Waals surface area contributed by atoms with Crippen LogP contribution in [0.5, 0.6) is 0 Å². The summed E-state index contributed by atoms with van der Waals surface area (Å²) in [5.74, 6) is -3.06. The van der Waals surface area contributed by atoms with E-state index in [0.717, 1.165) is 39.5 Å². The largest absolute Gasteiger partial charge is 0.481 e. The zero-order valence-corrected chi connectivity index (χ0v) is 22.1. The van der Waals surface area contributed by atoms with Gasteiger partial charge in [-0.3, -0.25) is 14.4 Å². The van der Waals surface area contributed by atoms with Crippen LogP contribution >= 0.6 is 0 Å². The van der Waals surface area contributed by atoms with Gasteiger partial charge < -0.3 is 34.6 Å². The standard InChI is InChI=1S/C16H22O4.C5H10O4.2C2H4O2/c1-3-5-11-19-15(17)13-9-7-8-10-14(13)16(18)20-12-6-4-2;1-4(7)9-3-5(8)2-6;2*1-2(3)4/h7-10H,3-6,11-12H2,1-2H3;5-6,8H,2-3H2,1H3;2*1H3,(H,3,4). The van der Waals surface area contributed by atoms with Crippen LogP contribution in [0.2, 0.25) is 0 Å². The Kier molecular flexibility index (Phi) is 26.3. The number of carboxylic acids is 2. The van der Waals surface area contributed by atoms with Crippen LogP contribution in [0.4, 0.5) is 0 Å². The molecule has 1 rings (SSSR count). The van der Waals surface area contributed by atoms with Gasteiger partial charge in [0.25, 0.3) is 11.9 Å². The minimum Gasteiger partial charge on any atom is -0.481 e. The Bertz CT molecular complexity index is 731. The van der Waals surface area contributed by atoms with E-state index in [4.69, 9.17) is 39.5 Å². The highest BCUT2D eigenvalue weighted by Crippen LogP contribution is 2.12. The molecule has 0 saturated carbocycles. The van der Waals surface area contributed by atoms with Gasteiger partial charge in [-0.1, -0.05) is 38.8 Å². The Morgan fingerprint density at radius 2 is 1.11 bits per heavy atom. The second-order valence-electron chi connectivity index (χ2n) is 7.20. The van der Waals surface area contributed by atoms with Gasteiger partial charge in [-0.05, 0) is 25.0 Å². The van der Waals surface area contributed by atoms with E-state index in [9.17, 15) is 14.4 Å². The summed E-state index contributed by atoms with van der Waals surface area (Å²) in [5.41, 5.74) is 0.537. The first-order chi connectivity index (χ1) is 17.3. The number of rotatable bonds is 11. The Labute approximate surface area is 217 Å². The molecule has 1 aromatic rings. The first kappa shape index (κ1) is 38.0. The van der Waals surface area contributed by atoms with Gasteiger partial charge in [0.05, 0.1) is 30.9 Å². The highest BCUT2D eigenvalue weighted by atomic mass is 16.5. The number of ether oxygens (including phenoxy) is 3. The molecule has 1 unspecified atom stereocenters. The molecule has 0 radical (unpaired) electrons. The van der Waals surface area contributed by atoms with Gasteiger partial charge in [-0.15, -0.1) is 0 Å². The van der Waals surface area contributed by atoms with E-state index in [0.29, 0.717) is 13.2 Å². The zero-order valence-electron chi connectivity index (χ0n) is 22.1. The van der Waals surface area contributed by atoms with E-state index in [2.05, 4.69) is 4.74 Å². The number of hydrogen-bond donors (Lipinski definition) is 4. The smallest absolute Gasteiger partial charge is 0.339 e. The van der Waals surface area contributed by atoms with Crippen LogP contribution in [0.15, 0.2) is 24.3 Å². The monoisotopic (exact) mass is 532 g/mol. The molecule has 12 nitrogen and oxygen atoms in total. The molecule has 12 heteroatoms. The molecule has 0 bridgehead atoms. The second-order valence-corrected chi connectivity index (χ2v) is 7.20. The molecule has 0 aliphatic rings. The molecule has 37 heavy (non-hydrogen) atoms. The lowest BCUT2D eigenvalue weighted by atomic mass is 10.1. The summed E-state index contributed by atoms with van der Waals surface area (Å²) in [6, 6.07) is 6.59. The number of benzene rings is 1. The summed E-state index contributed by atoms with van der Waals surface area (Å²) < 4.78 is 14.6. The number of carbonyl (C=O) groups is 5. The fraction of sp³-hybridized carbons (Fsp3) is 0.560. The average molecular weight is 533 g/mol. The topological polar surface area (TPSA) is 194 Å². The summed E-state index contributed by atoms with van der Waals surface area (Å²) in [4.78, 5) is 51.9. The molecule has 1 aromatic carbocycles. The Balaban J connectivity index is -0.000000559. The fourth-order valence-corrected chi connectivity index (χ4v) is 1.88. The van der Waals surface area contributed by atoms with E-state index < -0.39 is 36.0 Å². The summed E-state index contributed by atoms with van der Waals surface area (Å²) in [6.45, 7) is 7.67. The quantitative estimate of drug-likeness (QED) is 0.185. The fourth-order valence-electron chi connectivity index (χ4n) is 1.88. The Hall–Kier alpha value is -3.51. The minimum atomic E-state index is -0.950. The second kappa shape index (κ2) is 25.6. The van der Waals surface area contributed by atoms with E-state index in [1.807, 2.05) is 13.8 Å². The normalized spacial score (nSPS) is 9.92. The maximum absolute atomic E-state index is 11.9. The van der Waals surface area contributed by atoms with Crippen molar-refractivity contribution >= 4 is 29.8 Å². The van der Waals surface area contributed by atoms with Crippen LogP contribution in [0.1, 0.15) is 81.0 Å². The van der Waals surface area contributed by atoms with E-state index in [1.165, 1.54) is 6.92 Å². The van der Waals surface area contributed by atoms with Crippen molar-refractivity contribution in [3.05, 3.63) is 35.4 Å². The lowest BCUT2D eigenvalue weighted by Crippen LogP contribution is -2.20. The molecule has 0 aromatic heterocycles. The minimum absolute atomic E-state index is 0.133. The molecule has 212 valence electrons. The lowest BCUT2D eigenvalue weighted by molar-refractivity contribution is -0.144. The molecular weight excluding hydrogens is 492 g/mol. The van der Waals surface area contributed by atoms with Gasteiger partial charge in [0, 0.05) is 20.8 Å². The molecule has 0 aliphatic carbocycles. The third kappa shape index (κ3) is 28.6. The predicted molar refractivity (Wildman–Crippen MR) is 133 cm³/mol. The molecular formula is C25H40O12. The summed E-state index contributed by atoms with van der Waals surface area (Å²) in [6.07, 6.45) is 2.58. The maximum atomic E-state index is 11.9. The number of aliphatic hydroxyl groups excluding tert-OH is 2. The SMILES string of the molecule is CC(=O)O.CC(=O)O.CC(=O)OCC(O)CO.CCCCOC(=O)c1ccccc1C(=O)OCCCC. The number of carbonyl (C=O) groups excluding carboxylic acids is 3. The summed E-state index contributed by atoms with van der Waals surface area (Å²) >= 11 is 0. The Morgan fingerprint density at radius 3 is 1.38 bits per heavy atom. The molecule has 0 heterocycles. The molecule has 0 spiro atoms. The van der Waals surface area contributed by atoms with Gasteiger partial charge in [-0.25, -0.2) is 9.59 Å². The van der Waals surface area contributed by atoms with E-state index in [-0.39, 0.29) is 24.3 Å². The number of hydrogen-bond acceptors (Lipinski definition) is 10. The summed E-state index contributed by atoms with van der Waals surface area (Å²) in [5, 5.41) is 31.6. The molecule has 4 N–H and O–H groups in total. The van der Waals surface area contributed by atoms with E-state index in [1.54, 1.807) is 24.3 Å². The highest BCUT2D eigenvalue weighted by molar-refractivity contribution is 6.03. The maximum Gasteiger partial charge on any atom is 0.339 e. The number of unbranched alkanes of at least 4 members (excludes halogenated alkanes) is 2. The zero-order chi connectivity index (χ0) is 29.2. The molecule has 0 aliphatic heterocycles. The third-order valence-electron chi connectivity index (χ3n) is 3.52. The van der Waals surface area contributed by atoms with Crippen molar-refractivity contribution in [3.8, 4) is 0 Å². The van der Waals surface area contributed by atoms with Crippen molar-refractivity contribution in [1.82, 2.24) is 0 Å². The molecule has 1 atom stereocenters. The van der Waals surface area contributed by atoms with Gasteiger partial charge in [-0.2, -0.15) is 0 Å². The highest BCUT2D eigenvalue weighted by Gasteiger charge is 2.18. The van der Waals surface area contributed by atoms with Crippen molar-refractivity contribution in [2.45, 2.75) is 66.4 Å². The van der Waals surface area contributed by atoms with Crippen molar-refractivity contribution in [2.24, 2.45) is 0 Å². The van der Waals surface area contributed by atoms with Gasteiger partial charge in [0.1, 0.15) is 12.7 Å². The number of aliphatic carboxylic acids is 2. The third-order valence-corrected chi connectivity index (χ3v) is 3.52. The van der Waals surface area contributed by atoms with Crippen LogP contribution in [-0.2, 0) is 28.6 Å². The van der Waals surface area contributed by atoms with Crippen LogP contribution in [-0.4, -0.2) is 82.8 Å². The summed E-state index contributed by atoms with van der Waals surface area (Å²) in [7, 11) is 0. The van der Waals surface area contributed by atoms with Crippen molar-refractivity contribution in [2.75, 3.05) is 26.4 Å². The number of aliphatic hydroxyl groups is 2. The Morgan fingerprint density at radius 1 is 0.757 bits per heavy atom. The van der Waals surface area contributed by atoms with Crippen molar-refractivity contribution < 1.29 is 58.6 Å². The predicted octanol–water partition coefficient (Wildman–Crippen LogP) is 2.68. The average Bonchev–Trinajstić information content (AvgIpc) is 2.82. The number of carboxylic acid groups (broad SMARTS) is 2. The molecule has 0 saturated heterocycles. The first-order valence-corrected chi connectivity index (χ1v) is 11.6. The lowest BCUT2D eigenvalue weighted by Gasteiger charge is -2.09. The van der Waals surface area contributed by atoms with Gasteiger partial charge >= 0.3 is 17.9 Å². The van der Waals surface area contributed by atoms with Crippen LogP contribution in [0, 0.1) is 0 Å². The van der Waals surface area contributed by atoms with Crippen LogP contribution in [0.3, 0.4) is 0 Å². The molecule has 0 amide bonds. The van der Waals surface area contributed by atoms with Gasteiger partial charge in [0.2, 0.25) is 0 Å². The van der Waals surface area contributed by atoms with Crippen LogP contribution in [0.25, 0.3) is 0 Å². The van der Waals surface area contributed by atoms with Crippen molar-refractivity contribution in [1.29, 1.82) is 0 Å². The van der Waals surface area contributed by atoms with Gasteiger partial charge in [0.15, 0.2) is 0 Å². The van der Waals surface area contributed by atoms with Crippen LogP contribution < -0.4 is 0 Å². The number of esters is 3. The van der Waals surface area contributed by atoms with E-state index >= 15 is 0 Å². The van der Waals surface area contributed by atoms with Crippen molar-refractivity contribution in [3.63, 3.8) is 0 Å². The first-order valence-electron chi connectivity index (χ1n) is 11.6.